The summed E-state index contributed by atoms with van der Waals surface area (Å²) in [5, 5.41) is 3.18. The molecule has 0 spiro atoms. The van der Waals surface area contributed by atoms with Gasteiger partial charge in [0.15, 0.2) is 0 Å². The molecule has 3 rings (SSSR count). The van der Waals surface area contributed by atoms with Crippen LogP contribution in [0.15, 0.2) is 24.3 Å². The summed E-state index contributed by atoms with van der Waals surface area (Å²) in [6, 6.07) is 7.59. The molecular weight excluding hydrogens is 342 g/mol. The van der Waals surface area contributed by atoms with Gasteiger partial charge < -0.3 is 15.0 Å². The Morgan fingerprint density at radius 3 is 2.48 bits per heavy atom. The van der Waals surface area contributed by atoms with Crippen LogP contribution in [-0.2, 0) is 4.79 Å². The lowest BCUT2D eigenvalue weighted by atomic mass is 9.87. The van der Waals surface area contributed by atoms with Gasteiger partial charge in [0.25, 0.3) is 5.91 Å². The van der Waals surface area contributed by atoms with E-state index in [4.69, 9.17) is 4.74 Å². The molecular formula is C21H31N3O3. The standard InChI is InChI=1S/C21H31N3O3/c1-16-6-8-18(9-7-16)22-20(25)15-23-10-12-24(13-11-23)21(26)17-4-3-5-19(14-17)27-2/h3-5,14,16,18H,6-13,15H2,1-2H3,(H,22,25). The lowest BCUT2D eigenvalue weighted by Gasteiger charge is -2.35. The average Bonchev–Trinajstić information content (AvgIpc) is 2.70. The molecule has 0 unspecified atom stereocenters. The number of ether oxygens (including phenoxy) is 1. The first-order valence-electron chi connectivity index (χ1n) is 10.00. The second kappa shape index (κ2) is 9.22. The Kier molecular flexibility index (Phi) is 6.72. The van der Waals surface area contributed by atoms with Crippen molar-refractivity contribution < 1.29 is 14.3 Å². The largest absolute Gasteiger partial charge is 0.497 e. The smallest absolute Gasteiger partial charge is 0.254 e. The summed E-state index contributed by atoms with van der Waals surface area (Å²) in [7, 11) is 1.60. The molecule has 1 heterocycles. The topological polar surface area (TPSA) is 61.9 Å². The third-order valence-corrected chi connectivity index (χ3v) is 5.72. The maximum absolute atomic E-state index is 12.7. The number of rotatable bonds is 5. The number of hydrogen-bond donors (Lipinski definition) is 1. The highest BCUT2D eigenvalue weighted by molar-refractivity contribution is 5.94. The fourth-order valence-electron chi connectivity index (χ4n) is 3.93. The number of amides is 2. The highest BCUT2D eigenvalue weighted by Gasteiger charge is 2.25. The number of methoxy groups -OCH3 is 1. The third kappa shape index (κ3) is 5.45. The molecule has 1 aliphatic heterocycles. The van der Waals surface area contributed by atoms with Gasteiger partial charge in [-0.2, -0.15) is 0 Å². The van der Waals surface area contributed by atoms with Crippen LogP contribution in [0.25, 0.3) is 0 Å². The number of nitrogens with one attached hydrogen (secondary N) is 1. The van der Waals surface area contributed by atoms with E-state index in [1.54, 1.807) is 13.2 Å². The Labute approximate surface area is 161 Å². The lowest BCUT2D eigenvalue weighted by molar-refractivity contribution is -0.123. The minimum absolute atomic E-state index is 0.0225. The van der Waals surface area contributed by atoms with E-state index in [1.807, 2.05) is 23.1 Å². The number of carbonyl (C=O) groups excluding carboxylic acids is 2. The van der Waals surface area contributed by atoms with Gasteiger partial charge in [0.05, 0.1) is 13.7 Å². The molecule has 6 heteroatoms. The maximum atomic E-state index is 12.7. The monoisotopic (exact) mass is 373 g/mol. The van der Waals surface area contributed by atoms with E-state index < -0.39 is 0 Å². The van der Waals surface area contributed by atoms with Crippen LogP contribution in [0.1, 0.15) is 43.0 Å². The van der Waals surface area contributed by atoms with Crippen molar-refractivity contribution in [2.24, 2.45) is 5.92 Å². The molecule has 0 bridgehead atoms. The summed E-state index contributed by atoms with van der Waals surface area (Å²) in [5.41, 5.74) is 0.645. The number of hydrogen-bond acceptors (Lipinski definition) is 4. The van der Waals surface area contributed by atoms with Crippen LogP contribution in [0.2, 0.25) is 0 Å². The maximum Gasteiger partial charge on any atom is 0.254 e. The first kappa shape index (κ1) is 19.7. The first-order valence-corrected chi connectivity index (χ1v) is 10.00. The summed E-state index contributed by atoms with van der Waals surface area (Å²) < 4.78 is 5.20. The molecule has 2 amide bonds. The van der Waals surface area contributed by atoms with Gasteiger partial charge in [-0.1, -0.05) is 13.0 Å². The first-order chi connectivity index (χ1) is 13.0. The van der Waals surface area contributed by atoms with Crippen molar-refractivity contribution in [1.82, 2.24) is 15.1 Å². The number of piperazine rings is 1. The van der Waals surface area contributed by atoms with Crippen molar-refractivity contribution in [2.75, 3.05) is 39.8 Å². The van der Waals surface area contributed by atoms with Gasteiger partial charge in [-0.3, -0.25) is 14.5 Å². The Bertz CT molecular complexity index is 648. The van der Waals surface area contributed by atoms with E-state index in [-0.39, 0.29) is 11.8 Å². The molecule has 0 radical (unpaired) electrons. The predicted octanol–water partition coefficient (Wildman–Crippen LogP) is 2.15. The van der Waals surface area contributed by atoms with Crippen LogP contribution in [0, 0.1) is 5.92 Å². The van der Waals surface area contributed by atoms with Crippen LogP contribution >= 0.6 is 0 Å². The van der Waals surface area contributed by atoms with Crippen molar-refractivity contribution >= 4 is 11.8 Å². The normalized spacial score (nSPS) is 23.7. The fraction of sp³-hybridized carbons (Fsp3) is 0.619. The molecule has 1 N–H and O–H groups in total. The Morgan fingerprint density at radius 2 is 1.81 bits per heavy atom. The van der Waals surface area contributed by atoms with Gasteiger partial charge in [0.2, 0.25) is 5.91 Å². The average molecular weight is 373 g/mol. The quantitative estimate of drug-likeness (QED) is 0.859. The van der Waals surface area contributed by atoms with Gasteiger partial charge in [0.1, 0.15) is 5.75 Å². The number of carbonyl (C=O) groups is 2. The molecule has 0 atom stereocenters. The Morgan fingerprint density at radius 1 is 1.11 bits per heavy atom. The van der Waals surface area contributed by atoms with E-state index in [9.17, 15) is 9.59 Å². The van der Waals surface area contributed by atoms with Crippen LogP contribution in [0.4, 0.5) is 0 Å². The zero-order valence-corrected chi connectivity index (χ0v) is 16.4. The van der Waals surface area contributed by atoms with E-state index in [0.29, 0.717) is 37.0 Å². The second-order valence-corrected chi connectivity index (χ2v) is 7.82. The lowest BCUT2D eigenvalue weighted by Crippen LogP contribution is -2.52. The predicted molar refractivity (Wildman–Crippen MR) is 105 cm³/mol. The van der Waals surface area contributed by atoms with Gasteiger partial charge >= 0.3 is 0 Å². The molecule has 27 heavy (non-hydrogen) atoms. The molecule has 1 saturated carbocycles. The van der Waals surface area contributed by atoms with Crippen LogP contribution in [0.3, 0.4) is 0 Å². The van der Waals surface area contributed by atoms with E-state index in [1.165, 1.54) is 12.8 Å². The van der Waals surface area contributed by atoms with Crippen LogP contribution < -0.4 is 10.1 Å². The SMILES string of the molecule is COc1cccc(C(=O)N2CCN(CC(=O)NC3CCC(C)CC3)CC2)c1. The minimum Gasteiger partial charge on any atom is -0.497 e. The number of nitrogens with zero attached hydrogens (tertiary/aromatic N) is 2. The summed E-state index contributed by atoms with van der Waals surface area (Å²) in [6.45, 7) is 5.45. The summed E-state index contributed by atoms with van der Waals surface area (Å²) >= 11 is 0. The van der Waals surface area contributed by atoms with E-state index in [0.717, 1.165) is 31.8 Å². The van der Waals surface area contributed by atoms with Crippen LogP contribution in [0.5, 0.6) is 5.75 Å². The molecule has 148 valence electrons. The van der Waals surface area contributed by atoms with Gasteiger partial charge in [0, 0.05) is 37.8 Å². The molecule has 1 aliphatic carbocycles. The molecule has 1 aromatic rings. The second-order valence-electron chi connectivity index (χ2n) is 7.82. The zero-order chi connectivity index (χ0) is 19.2. The Hall–Kier alpha value is -2.08. The fourth-order valence-corrected chi connectivity index (χ4v) is 3.93. The number of benzene rings is 1. The van der Waals surface area contributed by atoms with E-state index in [2.05, 4.69) is 17.1 Å². The summed E-state index contributed by atoms with van der Waals surface area (Å²) in [5.74, 6) is 1.61. The van der Waals surface area contributed by atoms with Crippen LogP contribution in [-0.4, -0.2) is 67.5 Å². The zero-order valence-electron chi connectivity index (χ0n) is 16.4. The van der Waals surface area contributed by atoms with Gasteiger partial charge in [-0.15, -0.1) is 0 Å². The molecule has 6 nitrogen and oxygen atoms in total. The van der Waals surface area contributed by atoms with Crippen molar-refractivity contribution in [3.63, 3.8) is 0 Å². The van der Waals surface area contributed by atoms with E-state index >= 15 is 0 Å². The van der Waals surface area contributed by atoms with Gasteiger partial charge in [-0.05, 0) is 49.8 Å². The van der Waals surface area contributed by atoms with Crippen molar-refractivity contribution in [1.29, 1.82) is 0 Å². The third-order valence-electron chi connectivity index (χ3n) is 5.72. The highest BCUT2D eigenvalue weighted by Crippen LogP contribution is 2.23. The summed E-state index contributed by atoms with van der Waals surface area (Å²) in [4.78, 5) is 29.0. The molecule has 2 aliphatic rings. The van der Waals surface area contributed by atoms with Crippen molar-refractivity contribution in [2.45, 2.75) is 38.6 Å². The molecule has 1 aromatic carbocycles. The molecule has 1 saturated heterocycles. The Balaban J connectivity index is 1.43. The molecule has 2 fully saturated rings. The minimum atomic E-state index is 0.0225. The van der Waals surface area contributed by atoms with Crippen molar-refractivity contribution in [3.05, 3.63) is 29.8 Å². The van der Waals surface area contributed by atoms with Crippen molar-refractivity contribution in [3.8, 4) is 5.75 Å². The highest BCUT2D eigenvalue weighted by atomic mass is 16.5. The van der Waals surface area contributed by atoms with Gasteiger partial charge in [-0.25, -0.2) is 0 Å². The summed E-state index contributed by atoms with van der Waals surface area (Å²) in [6.07, 6.45) is 4.59. The molecule has 0 aromatic heterocycles.